The SMILES string of the molecule is CCCCCCCCC(CCCCCC)COc1ccc(C(=O)C(=O)c2ccc(OCC(CCCCCC)CCCCCCCC)cc2)cc1. The lowest BCUT2D eigenvalue weighted by Crippen LogP contribution is -2.15. The predicted octanol–water partition coefficient (Wildman–Crippen LogP) is 14.2. The molecule has 2 unspecified atom stereocenters. The summed E-state index contributed by atoms with van der Waals surface area (Å²) in [7, 11) is 0. The van der Waals surface area contributed by atoms with Crippen LogP contribution >= 0.6 is 0 Å². The van der Waals surface area contributed by atoms with Crippen LogP contribution in [0, 0.1) is 11.8 Å². The van der Waals surface area contributed by atoms with E-state index in [-0.39, 0.29) is 0 Å². The van der Waals surface area contributed by atoms with Gasteiger partial charge in [-0.05, 0) is 86.1 Å². The fourth-order valence-electron chi connectivity index (χ4n) is 6.86. The smallest absolute Gasteiger partial charge is 0.233 e. The fraction of sp³-hybridized carbons (Fsp3) is 0.696. The van der Waals surface area contributed by atoms with Crippen LogP contribution in [0.25, 0.3) is 0 Å². The standard InChI is InChI=1S/C46H74O4/c1-5-9-13-17-19-23-27-39(25-21-15-11-7-3)37-49-43-33-29-41(30-34-43)45(47)46(48)42-31-35-44(36-32-42)50-38-40(26-22-16-12-8-4)28-24-20-18-14-10-6-2/h29-36,39-40H,5-28,37-38H2,1-4H3. The molecule has 0 fully saturated rings. The van der Waals surface area contributed by atoms with E-state index in [2.05, 4.69) is 27.7 Å². The normalized spacial score (nSPS) is 12.5. The average molecular weight is 691 g/mol. The van der Waals surface area contributed by atoms with Crippen LogP contribution in [0.4, 0.5) is 0 Å². The van der Waals surface area contributed by atoms with E-state index in [1.54, 1.807) is 24.3 Å². The first kappa shape index (κ1) is 43.5. The topological polar surface area (TPSA) is 52.6 Å². The minimum absolute atomic E-state index is 0.395. The number of carbonyl (C=O) groups excluding carboxylic acids is 2. The molecule has 0 saturated heterocycles. The zero-order valence-electron chi connectivity index (χ0n) is 32.8. The number of unbranched alkanes of at least 4 members (excludes halogenated alkanes) is 16. The van der Waals surface area contributed by atoms with Crippen LogP contribution in [0.1, 0.15) is 203 Å². The number of hydrogen-bond acceptors (Lipinski definition) is 4. The van der Waals surface area contributed by atoms with Gasteiger partial charge in [0.2, 0.25) is 11.6 Å². The molecule has 0 spiro atoms. The Balaban J connectivity index is 1.86. The fourth-order valence-corrected chi connectivity index (χ4v) is 6.86. The lowest BCUT2D eigenvalue weighted by atomic mass is 9.95. The minimum atomic E-state index is -0.492. The third kappa shape index (κ3) is 19.7. The third-order valence-electron chi connectivity index (χ3n) is 10.3. The van der Waals surface area contributed by atoms with E-state index < -0.39 is 11.6 Å². The van der Waals surface area contributed by atoms with Crippen molar-refractivity contribution in [3.8, 4) is 11.5 Å². The molecule has 0 bridgehead atoms. The molecular weight excluding hydrogens is 617 g/mol. The van der Waals surface area contributed by atoms with Crippen molar-refractivity contribution in [1.82, 2.24) is 0 Å². The van der Waals surface area contributed by atoms with Gasteiger partial charge in [0.15, 0.2) is 0 Å². The zero-order valence-corrected chi connectivity index (χ0v) is 32.8. The van der Waals surface area contributed by atoms with Gasteiger partial charge in [0, 0.05) is 11.1 Å². The maximum Gasteiger partial charge on any atom is 0.233 e. The zero-order chi connectivity index (χ0) is 36.1. The Kier molecular flexibility index (Phi) is 25.3. The summed E-state index contributed by atoms with van der Waals surface area (Å²) in [5, 5.41) is 0. The number of ether oxygens (including phenoxy) is 2. The van der Waals surface area contributed by atoms with E-state index in [1.807, 2.05) is 24.3 Å². The number of rotatable bonds is 33. The first-order valence-corrected chi connectivity index (χ1v) is 21.1. The summed E-state index contributed by atoms with van der Waals surface area (Å²) in [5.41, 5.74) is 0.790. The Labute approximate surface area is 307 Å². The molecule has 4 nitrogen and oxygen atoms in total. The van der Waals surface area contributed by atoms with Gasteiger partial charge in [-0.2, -0.15) is 0 Å². The van der Waals surface area contributed by atoms with Crippen molar-refractivity contribution in [2.24, 2.45) is 11.8 Å². The molecule has 0 N–H and O–H groups in total. The van der Waals surface area contributed by atoms with Gasteiger partial charge in [-0.25, -0.2) is 0 Å². The Morgan fingerprint density at radius 2 is 0.660 bits per heavy atom. The summed E-state index contributed by atoms with van der Waals surface area (Å²) in [6.07, 6.45) is 30.9. The van der Waals surface area contributed by atoms with Crippen LogP contribution in [0.15, 0.2) is 48.5 Å². The summed E-state index contributed by atoms with van der Waals surface area (Å²) in [6.45, 7) is 10.5. The first-order valence-electron chi connectivity index (χ1n) is 21.1. The number of Topliss-reactive ketones (excluding diaryl/α,β-unsaturated/α-hetero) is 2. The minimum Gasteiger partial charge on any atom is -0.493 e. The summed E-state index contributed by atoms with van der Waals surface area (Å²) in [5.74, 6) is 1.66. The third-order valence-corrected chi connectivity index (χ3v) is 10.3. The van der Waals surface area contributed by atoms with E-state index in [1.165, 1.54) is 154 Å². The van der Waals surface area contributed by atoms with Crippen molar-refractivity contribution >= 4 is 11.6 Å². The molecule has 0 heterocycles. The molecule has 0 radical (unpaired) electrons. The van der Waals surface area contributed by atoms with Gasteiger partial charge in [-0.15, -0.1) is 0 Å². The predicted molar refractivity (Wildman–Crippen MR) is 213 cm³/mol. The number of hydrogen-bond donors (Lipinski definition) is 0. The molecule has 2 atom stereocenters. The number of benzene rings is 2. The van der Waals surface area contributed by atoms with E-state index in [0.717, 1.165) is 11.5 Å². The van der Waals surface area contributed by atoms with Gasteiger partial charge in [0.25, 0.3) is 0 Å². The van der Waals surface area contributed by atoms with Crippen LogP contribution in [-0.4, -0.2) is 24.8 Å². The molecule has 0 aliphatic heterocycles. The molecule has 282 valence electrons. The second-order valence-electron chi connectivity index (χ2n) is 14.9. The summed E-state index contributed by atoms with van der Waals surface area (Å²) >= 11 is 0. The Morgan fingerprint density at radius 1 is 0.400 bits per heavy atom. The molecule has 0 amide bonds. The first-order chi connectivity index (χ1) is 24.5. The molecule has 0 saturated carbocycles. The molecule has 2 rings (SSSR count). The van der Waals surface area contributed by atoms with Crippen LogP contribution < -0.4 is 9.47 Å². The quantitative estimate of drug-likeness (QED) is 0.0425. The van der Waals surface area contributed by atoms with Gasteiger partial charge in [-0.3, -0.25) is 9.59 Å². The molecule has 4 heteroatoms. The van der Waals surface area contributed by atoms with Crippen molar-refractivity contribution in [1.29, 1.82) is 0 Å². The highest BCUT2D eigenvalue weighted by molar-refractivity contribution is 6.49. The molecular formula is C46H74O4. The number of carbonyl (C=O) groups is 2. The van der Waals surface area contributed by atoms with Crippen LogP contribution in [0.2, 0.25) is 0 Å². The Hall–Kier alpha value is -2.62. The second-order valence-corrected chi connectivity index (χ2v) is 14.9. The van der Waals surface area contributed by atoms with E-state index >= 15 is 0 Å². The van der Waals surface area contributed by atoms with E-state index in [4.69, 9.17) is 9.47 Å². The average Bonchev–Trinajstić information content (AvgIpc) is 3.15. The summed E-state index contributed by atoms with van der Waals surface area (Å²) in [6, 6.07) is 14.2. The van der Waals surface area contributed by atoms with Gasteiger partial charge in [-0.1, -0.05) is 156 Å². The monoisotopic (exact) mass is 691 g/mol. The highest BCUT2D eigenvalue weighted by atomic mass is 16.5. The molecule has 2 aromatic carbocycles. The highest BCUT2D eigenvalue weighted by Gasteiger charge is 2.19. The number of ketones is 2. The highest BCUT2D eigenvalue weighted by Crippen LogP contribution is 2.24. The summed E-state index contributed by atoms with van der Waals surface area (Å²) < 4.78 is 12.4. The van der Waals surface area contributed by atoms with Crippen LogP contribution in [0.5, 0.6) is 11.5 Å². The Bertz CT molecular complexity index is 1020. The van der Waals surface area contributed by atoms with Gasteiger partial charge in [0.05, 0.1) is 13.2 Å². The lowest BCUT2D eigenvalue weighted by Gasteiger charge is -2.18. The van der Waals surface area contributed by atoms with Crippen molar-refractivity contribution < 1.29 is 19.1 Å². The van der Waals surface area contributed by atoms with E-state index in [9.17, 15) is 9.59 Å². The summed E-state index contributed by atoms with van der Waals surface area (Å²) in [4.78, 5) is 26.2. The second kappa shape index (κ2) is 29.0. The van der Waals surface area contributed by atoms with Gasteiger partial charge < -0.3 is 9.47 Å². The van der Waals surface area contributed by atoms with Crippen molar-refractivity contribution in [3.63, 3.8) is 0 Å². The molecule has 0 aliphatic rings. The van der Waals surface area contributed by atoms with E-state index in [0.29, 0.717) is 36.2 Å². The maximum atomic E-state index is 13.1. The van der Waals surface area contributed by atoms with Crippen molar-refractivity contribution in [3.05, 3.63) is 59.7 Å². The van der Waals surface area contributed by atoms with Crippen LogP contribution in [-0.2, 0) is 0 Å². The van der Waals surface area contributed by atoms with Gasteiger partial charge >= 0.3 is 0 Å². The van der Waals surface area contributed by atoms with Crippen molar-refractivity contribution in [2.45, 2.75) is 182 Å². The van der Waals surface area contributed by atoms with Crippen LogP contribution in [0.3, 0.4) is 0 Å². The molecule has 0 aromatic heterocycles. The lowest BCUT2D eigenvalue weighted by molar-refractivity contribution is 0.0817. The molecule has 50 heavy (non-hydrogen) atoms. The molecule has 0 aliphatic carbocycles. The molecule has 2 aromatic rings. The van der Waals surface area contributed by atoms with Crippen molar-refractivity contribution in [2.75, 3.05) is 13.2 Å². The Morgan fingerprint density at radius 3 is 0.960 bits per heavy atom. The maximum absolute atomic E-state index is 13.1. The largest absolute Gasteiger partial charge is 0.493 e. The van der Waals surface area contributed by atoms with Gasteiger partial charge in [0.1, 0.15) is 11.5 Å².